The maximum Gasteiger partial charge on any atom is 0.280 e. The van der Waals surface area contributed by atoms with Crippen LogP contribution in [0.25, 0.3) is 0 Å². The molecule has 1 aromatic carbocycles. The maximum absolute atomic E-state index is 12.1. The molecule has 2 aromatic rings. The number of amides is 1. The average molecular weight is 465 g/mol. The third kappa shape index (κ3) is 12.8. The molecule has 1 amide bonds. The Morgan fingerprint density at radius 3 is 2.59 bits per heavy atom. The number of aromatic nitrogens is 3. The topological polar surface area (TPSA) is 126 Å². The minimum Gasteiger partial charge on any atom is -0.506 e. The highest BCUT2D eigenvalue weighted by Crippen LogP contribution is 2.19. The third-order valence-corrected chi connectivity index (χ3v) is 4.64. The fourth-order valence-corrected chi connectivity index (χ4v) is 2.90. The first-order valence-electron chi connectivity index (χ1n) is 10.4. The molecule has 8 nitrogen and oxygen atoms in total. The van der Waals surface area contributed by atoms with Gasteiger partial charge < -0.3 is 21.5 Å². The van der Waals surface area contributed by atoms with Gasteiger partial charge in [-0.3, -0.25) is 4.79 Å². The summed E-state index contributed by atoms with van der Waals surface area (Å²) >= 11 is 1.20. The van der Waals surface area contributed by atoms with Crippen LogP contribution in [0.15, 0.2) is 42.4 Å². The largest absolute Gasteiger partial charge is 0.506 e. The van der Waals surface area contributed by atoms with E-state index in [-0.39, 0.29) is 17.3 Å². The number of carbonyl (C=O) groups is 1. The van der Waals surface area contributed by atoms with E-state index in [0.29, 0.717) is 17.5 Å². The van der Waals surface area contributed by atoms with E-state index in [2.05, 4.69) is 46.4 Å². The number of anilines is 1. The standard InChI is InChI=1S/C12H17N5OS.C6H6FNO.C4H10/c18-11(17-7-10-1-3-13-4-2-10)12-16-6-5-14-8-15-9-19-12;7-4-1-2-5(8)6(9)3-4;1-4(2)3/h5-6,8-10,13H,1-4,7H2,(H,17,18);1-3,9H,8H2;4H,1-3H3. The number of nitrogens with two attached hydrogens (primary N) is 1. The molecule has 5 N–H and O–H groups in total. The molecule has 2 heterocycles. The van der Waals surface area contributed by atoms with Crippen molar-refractivity contribution in [1.29, 1.82) is 0 Å². The Bertz CT molecular complexity index is 831. The molecule has 1 aliphatic rings. The first-order chi connectivity index (χ1) is 15.3. The van der Waals surface area contributed by atoms with Crippen LogP contribution in [0.1, 0.15) is 43.4 Å². The summed E-state index contributed by atoms with van der Waals surface area (Å²) in [5.74, 6) is 0.540. The minimum absolute atomic E-state index is 0.151. The number of phenolic OH excluding ortho intramolecular Hbond substituents is 1. The van der Waals surface area contributed by atoms with Crippen molar-refractivity contribution in [3.05, 3.63) is 53.3 Å². The number of aromatic hydroxyl groups is 1. The minimum atomic E-state index is -0.485. The highest BCUT2D eigenvalue weighted by Gasteiger charge is 2.14. The molecule has 0 atom stereocenters. The summed E-state index contributed by atoms with van der Waals surface area (Å²) in [6, 6.07) is 3.47. The van der Waals surface area contributed by atoms with Gasteiger partial charge in [-0.15, -0.1) is 0 Å². The van der Waals surface area contributed by atoms with E-state index in [1.54, 1.807) is 5.51 Å². The number of rotatable bonds is 3. The fraction of sp³-hybridized carbons (Fsp3) is 0.455. The molecule has 0 spiro atoms. The van der Waals surface area contributed by atoms with Crippen molar-refractivity contribution < 1.29 is 14.3 Å². The van der Waals surface area contributed by atoms with Crippen molar-refractivity contribution in [2.45, 2.75) is 33.6 Å². The van der Waals surface area contributed by atoms with Crippen molar-refractivity contribution in [3.63, 3.8) is 0 Å². The first-order valence-corrected chi connectivity index (χ1v) is 11.3. The Kier molecular flexibility index (Phi) is 13.5. The highest BCUT2D eigenvalue weighted by atomic mass is 32.1. The lowest BCUT2D eigenvalue weighted by Crippen LogP contribution is -2.36. The zero-order valence-electron chi connectivity index (χ0n) is 18.8. The van der Waals surface area contributed by atoms with E-state index >= 15 is 0 Å². The second kappa shape index (κ2) is 15.9. The van der Waals surface area contributed by atoms with E-state index in [4.69, 9.17) is 10.8 Å². The fourth-order valence-electron chi connectivity index (χ4n) is 2.38. The number of nitrogens with one attached hydrogen (secondary N) is 2. The summed E-state index contributed by atoms with van der Waals surface area (Å²) in [4.78, 5) is 23.8. The van der Waals surface area contributed by atoms with Gasteiger partial charge in [0.05, 0.1) is 11.2 Å². The van der Waals surface area contributed by atoms with Gasteiger partial charge in [-0.05, 0) is 49.9 Å². The number of hydrogen-bond acceptors (Lipinski definition) is 8. The molecule has 1 saturated heterocycles. The predicted octanol–water partition coefficient (Wildman–Crippen LogP) is 3.56. The number of carbonyl (C=O) groups excluding carboxylic acids is 1. The number of hydrogen-bond donors (Lipinski definition) is 4. The van der Waals surface area contributed by atoms with Crippen LogP contribution in [0.2, 0.25) is 0 Å². The van der Waals surface area contributed by atoms with Gasteiger partial charge in [-0.2, -0.15) is 0 Å². The van der Waals surface area contributed by atoms with E-state index in [0.717, 1.165) is 37.9 Å². The van der Waals surface area contributed by atoms with Crippen LogP contribution in [0.5, 0.6) is 5.75 Å². The second-order valence-electron chi connectivity index (χ2n) is 7.71. The Morgan fingerprint density at radius 1 is 1.28 bits per heavy atom. The second-order valence-corrected chi connectivity index (χ2v) is 8.54. The Hall–Kier alpha value is -2.85. The molecule has 3 rings (SSSR count). The van der Waals surface area contributed by atoms with Gasteiger partial charge in [0, 0.05) is 25.0 Å². The molecular formula is C22H33FN6O2S. The van der Waals surface area contributed by atoms with Crippen LogP contribution in [0.4, 0.5) is 10.1 Å². The van der Waals surface area contributed by atoms with Crippen molar-refractivity contribution >= 4 is 22.9 Å². The van der Waals surface area contributed by atoms with Crippen molar-refractivity contribution in [2.24, 2.45) is 11.8 Å². The normalized spacial score (nSPS) is 13.0. The summed E-state index contributed by atoms with van der Waals surface area (Å²) in [6.45, 7) is 9.27. The molecule has 0 radical (unpaired) electrons. The quantitative estimate of drug-likeness (QED) is 0.404. The van der Waals surface area contributed by atoms with Gasteiger partial charge in [0.25, 0.3) is 5.91 Å². The molecule has 1 aromatic heterocycles. The molecular weight excluding hydrogens is 431 g/mol. The summed E-state index contributed by atoms with van der Waals surface area (Å²) in [5, 5.41) is 15.4. The Balaban J connectivity index is 0.000000326. The molecule has 1 fully saturated rings. The van der Waals surface area contributed by atoms with Crippen molar-refractivity contribution in [1.82, 2.24) is 25.6 Å². The Morgan fingerprint density at radius 2 is 1.97 bits per heavy atom. The lowest BCUT2D eigenvalue weighted by Gasteiger charge is -2.22. The van der Waals surface area contributed by atoms with Gasteiger partial charge in [-0.25, -0.2) is 19.3 Å². The molecule has 0 unspecified atom stereocenters. The zero-order chi connectivity index (χ0) is 23.8. The lowest BCUT2D eigenvalue weighted by atomic mass is 9.98. The van der Waals surface area contributed by atoms with E-state index < -0.39 is 5.82 Å². The van der Waals surface area contributed by atoms with Crippen LogP contribution >= 0.6 is 11.3 Å². The zero-order valence-corrected chi connectivity index (χ0v) is 19.6. The van der Waals surface area contributed by atoms with Gasteiger partial charge in [0.2, 0.25) is 0 Å². The molecule has 176 valence electrons. The average Bonchev–Trinajstić information content (AvgIpc) is 2.90. The van der Waals surface area contributed by atoms with E-state index in [1.165, 1.54) is 42.2 Å². The summed E-state index contributed by atoms with van der Waals surface area (Å²) in [5.41, 5.74) is 6.92. The highest BCUT2D eigenvalue weighted by molar-refractivity contribution is 7.11. The Labute approximate surface area is 192 Å². The molecule has 32 heavy (non-hydrogen) atoms. The van der Waals surface area contributed by atoms with Gasteiger partial charge in [-0.1, -0.05) is 32.1 Å². The molecule has 10 heteroatoms. The molecule has 0 saturated carbocycles. The summed E-state index contributed by atoms with van der Waals surface area (Å²) in [6.07, 6.45) is 6.63. The van der Waals surface area contributed by atoms with E-state index in [9.17, 15) is 9.18 Å². The first kappa shape index (κ1) is 27.2. The monoisotopic (exact) mass is 464 g/mol. The van der Waals surface area contributed by atoms with E-state index in [1.807, 2.05) is 0 Å². The lowest BCUT2D eigenvalue weighted by molar-refractivity contribution is 0.0943. The van der Waals surface area contributed by atoms with Crippen LogP contribution < -0.4 is 16.4 Å². The van der Waals surface area contributed by atoms with Gasteiger partial charge in [0.1, 0.15) is 17.9 Å². The summed E-state index contributed by atoms with van der Waals surface area (Å²) < 4.78 is 12.1. The van der Waals surface area contributed by atoms with Gasteiger partial charge in [0.15, 0.2) is 5.01 Å². The van der Waals surface area contributed by atoms with Crippen LogP contribution in [-0.2, 0) is 0 Å². The molecule has 1 aliphatic heterocycles. The van der Waals surface area contributed by atoms with Crippen LogP contribution in [0, 0.1) is 17.7 Å². The maximum atomic E-state index is 12.1. The van der Waals surface area contributed by atoms with Gasteiger partial charge >= 0.3 is 0 Å². The number of nitrogens with zero attached hydrogens (tertiary/aromatic N) is 3. The summed E-state index contributed by atoms with van der Waals surface area (Å²) in [7, 11) is 0. The number of halogens is 1. The molecule has 0 aliphatic carbocycles. The van der Waals surface area contributed by atoms with Crippen LogP contribution in [0.3, 0.4) is 0 Å². The SMILES string of the molecule is CC(C)C.Nc1ccc(F)cc1O.O=C(NCC1CCNCC1)c1nccncncs1. The number of benzene rings is 1. The number of nitrogen functional groups attached to an aromatic ring is 1. The smallest absolute Gasteiger partial charge is 0.280 e. The predicted molar refractivity (Wildman–Crippen MR) is 126 cm³/mol. The van der Waals surface area contributed by atoms with Crippen LogP contribution in [-0.4, -0.2) is 45.6 Å². The number of phenols is 1. The third-order valence-electron chi connectivity index (χ3n) is 3.90. The molecule has 0 bridgehead atoms. The number of piperidine rings is 1. The van der Waals surface area contributed by atoms with Crippen molar-refractivity contribution in [2.75, 3.05) is 25.4 Å². The van der Waals surface area contributed by atoms with Crippen molar-refractivity contribution in [3.8, 4) is 5.75 Å².